The molecule has 0 amide bonds. The molecule has 0 saturated carbocycles. The molecule has 0 saturated heterocycles. The van der Waals surface area contributed by atoms with E-state index in [2.05, 4.69) is 0 Å². The monoisotopic (exact) mass is 328 g/mol. The topological polar surface area (TPSA) is 125 Å². The predicted molar refractivity (Wildman–Crippen MR) is 81.6 cm³/mol. The van der Waals surface area contributed by atoms with Crippen molar-refractivity contribution in [3.8, 4) is 5.75 Å². The molecular weight excluding hydrogens is 308 g/mol. The number of aliphatic hydroxyl groups is 1. The lowest BCUT2D eigenvalue weighted by Crippen LogP contribution is -2.23. The largest absolute Gasteiger partial charge is 0.450 e. The molecule has 0 bridgehead atoms. The molecular formula is C14H20N2O7. The third kappa shape index (κ3) is 4.86. The Balaban J connectivity index is 3.41. The summed E-state index contributed by atoms with van der Waals surface area (Å²) >= 11 is 0. The maximum absolute atomic E-state index is 11.3. The quantitative estimate of drug-likeness (QED) is 0.463. The van der Waals surface area contributed by atoms with Gasteiger partial charge < -0.3 is 14.6 Å². The number of aliphatic hydroxyl groups excluding tert-OH is 1. The second-order valence-electron chi connectivity index (χ2n) is 5.84. The Morgan fingerprint density at radius 1 is 1.17 bits per heavy atom. The molecule has 128 valence electrons. The SMILES string of the molecule is CCOCC(O)Oc1c([N+](=O)[O-])cc(C(C)(C)C)cc1[N+](=O)[O-]. The van der Waals surface area contributed by atoms with Crippen LogP contribution >= 0.6 is 0 Å². The van der Waals surface area contributed by atoms with Crippen LogP contribution in [0.1, 0.15) is 33.3 Å². The lowest BCUT2D eigenvalue weighted by Gasteiger charge is -2.20. The van der Waals surface area contributed by atoms with Gasteiger partial charge in [-0.25, -0.2) is 0 Å². The van der Waals surface area contributed by atoms with E-state index < -0.39 is 38.7 Å². The number of benzene rings is 1. The molecule has 1 atom stereocenters. The van der Waals surface area contributed by atoms with Crippen molar-refractivity contribution in [1.29, 1.82) is 0 Å². The normalized spacial score (nSPS) is 12.7. The molecule has 1 N–H and O–H groups in total. The minimum atomic E-state index is -1.55. The summed E-state index contributed by atoms with van der Waals surface area (Å²) in [5.41, 5.74) is -1.25. The van der Waals surface area contributed by atoms with Crippen LogP contribution in [0.15, 0.2) is 12.1 Å². The molecule has 0 aliphatic rings. The van der Waals surface area contributed by atoms with E-state index in [-0.39, 0.29) is 6.61 Å². The minimum absolute atomic E-state index is 0.258. The molecule has 23 heavy (non-hydrogen) atoms. The van der Waals surface area contributed by atoms with Crippen LogP contribution in [-0.4, -0.2) is 34.5 Å². The van der Waals surface area contributed by atoms with E-state index in [1.54, 1.807) is 27.7 Å². The number of nitrogens with zero attached hydrogens (tertiary/aromatic N) is 2. The summed E-state index contributed by atoms with van der Waals surface area (Å²) in [4.78, 5) is 21.0. The highest BCUT2D eigenvalue weighted by Crippen LogP contribution is 2.41. The Morgan fingerprint density at radius 2 is 1.65 bits per heavy atom. The van der Waals surface area contributed by atoms with E-state index in [1.165, 1.54) is 12.1 Å². The van der Waals surface area contributed by atoms with Gasteiger partial charge in [0, 0.05) is 18.7 Å². The van der Waals surface area contributed by atoms with Gasteiger partial charge in [-0.05, 0) is 17.9 Å². The second kappa shape index (κ2) is 7.34. The van der Waals surface area contributed by atoms with E-state index in [0.29, 0.717) is 12.2 Å². The van der Waals surface area contributed by atoms with Gasteiger partial charge in [0.15, 0.2) is 0 Å². The van der Waals surface area contributed by atoms with Gasteiger partial charge in [-0.1, -0.05) is 20.8 Å². The lowest BCUT2D eigenvalue weighted by atomic mass is 9.86. The van der Waals surface area contributed by atoms with Crippen LogP contribution in [0.2, 0.25) is 0 Å². The van der Waals surface area contributed by atoms with Crippen LogP contribution in [0.25, 0.3) is 0 Å². The standard InChI is InChI=1S/C14H20N2O7/c1-5-22-8-12(17)23-13-10(15(18)19)6-9(14(2,3)4)7-11(13)16(20)21/h6-7,12,17H,5,8H2,1-4H3. The van der Waals surface area contributed by atoms with Gasteiger partial charge in [0.05, 0.1) is 9.85 Å². The first kappa shape index (κ1) is 18.8. The van der Waals surface area contributed by atoms with Crippen molar-refractivity contribution < 1.29 is 24.4 Å². The molecule has 0 aliphatic heterocycles. The number of rotatable bonds is 7. The zero-order chi connectivity index (χ0) is 17.8. The van der Waals surface area contributed by atoms with Crippen molar-refractivity contribution in [3.63, 3.8) is 0 Å². The van der Waals surface area contributed by atoms with Gasteiger partial charge in [-0.3, -0.25) is 20.2 Å². The summed E-state index contributed by atoms with van der Waals surface area (Å²) in [6.07, 6.45) is -1.55. The van der Waals surface area contributed by atoms with Crippen molar-refractivity contribution in [2.24, 2.45) is 0 Å². The highest BCUT2D eigenvalue weighted by Gasteiger charge is 2.32. The summed E-state index contributed by atoms with van der Waals surface area (Å²) in [6, 6.07) is 2.44. The molecule has 1 aromatic carbocycles. The van der Waals surface area contributed by atoms with Gasteiger partial charge in [-0.2, -0.15) is 0 Å². The van der Waals surface area contributed by atoms with Gasteiger partial charge in [0.25, 0.3) is 5.75 Å². The molecule has 1 aromatic rings. The van der Waals surface area contributed by atoms with Gasteiger partial charge in [0.2, 0.25) is 6.29 Å². The first-order valence-corrected chi connectivity index (χ1v) is 6.97. The molecule has 0 heterocycles. The average molecular weight is 328 g/mol. The molecule has 0 fully saturated rings. The summed E-state index contributed by atoms with van der Waals surface area (Å²) in [6.45, 7) is 7.07. The zero-order valence-corrected chi connectivity index (χ0v) is 13.4. The van der Waals surface area contributed by atoms with Crippen LogP contribution in [0.3, 0.4) is 0 Å². The Labute approximate surface area is 133 Å². The third-order valence-electron chi connectivity index (χ3n) is 3.03. The average Bonchev–Trinajstić information content (AvgIpc) is 2.43. The minimum Gasteiger partial charge on any atom is -0.450 e. The van der Waals surface area contributed by atoms with Gasteiger partial charge in [-0.15, -0.1) is 0 Å². The van der Waals surface area contributed by atoms with Crippen molar-refractivity contribution in [1.82, 2.24) is 0 Å². The smallest absolute Gasteiger partial charge is 0.318 e. The number of hydrogen-bond acceptors (Lipinski definition) is 7. The molecule has 0 radical (unpaired) electrons. The number of hydrogen-bond donors (Lipinski definition) is 1. The summed E-state index contributed by atoms with van der Waals surface area (Å²) < 4.78 is 9.95. The molecule has 0 aliphatic carbocycles. The van der Waals surface area contributed by atoms with Crippen molar-refractivity contribution in [2.75, 3.05) is 13.2 Å². The van der Waals surface area contributed by atoms with Crippen LogP contribution < -0.4 is 4.74 Å². The highest BCUT2D eigenvalue weighted by molar-refractivity contribution is 5.63. The molecule has 0 aromatic heterocycles. The Morgan fingerprint density at radius 3 is 2.00 bits per heavy atom. The van der Waals surface area contributed by atoms with Gasteiger partial charge >= 0.3 is 11.4 Å². The highest BCUT2D eigenvalue weighted by atomic mass is 16.7. The molecule has 9 heteroatoms. The summed E-state index contributed by atoms with van der Waals surface area (Å²) in [5.74, 6) is -0.583. The van der Waals surface area contributed by atoms with E-state index in [4.69, 9.17) is 9.47 Å². The second-order valence-corrected chi connectivity index (χ2v) is 5.84. The fraction of sp³-hybridized carbons (Fsp3) is 0.571. The van der Waals surface area contributed by atoms with Crippen LogP contribution in [-0.2, 0) is 10.2 Å². The lowest BCUT2D eigenvalue weighted by molar-refractivity contribution is -0.397. The molecule has 9 nitrogen and oxygen atoms in total. The summed E-state index contributed by atoms with van der Waals surface area (Å²) in [5, 5.41) is 32.2. The van der Waals surface area contributed by atoms with Crippen molar-refractivity contribution in [2.45, 2.75) is 39.4 Å². The molecule has 0 spiro atoms. The van der Waals surface area contributed by atoms with Crippen molar-refractivity contribution >= 4 is 11.4 Å². The molecule has 1 rings (SSSR count). The van der Waals surface area contributed by atoms with Crippen LogP contribution in [0.4, 0.5) is 11.4 Å². The molecule has 1 unspecified atom stereocenters. The first-order valence-electron chi connectivity index (χ1n) is 6.97. The maximum Gasteiger partial charge on any atom is 0.318 e. The van der Waals surface area contributed by atoms with E-state index in [1.807, 2.05) is 0 Å². The summed E-state index contributed by atoms with van der Waals surface area (Å²) in [7, 11) is 0. The number of nitro benzene ring substituents is 2. The van der Waals surface area contributed by atoms with Gasteiger partial charge in [0.1, 0.15) is 6.61 Å². The van der Waals surface area contributed by atoms with E-state index >= 15 is 0 Å². The number of nitro groups is 2. The Hall–Kier alpha value is -2.26. The van der Waals surface area contributed by atoms with E-state index in [9.17, 15) is 25.3 Å². The van der Waals surface area contributed by atoms with Crippen LogP contribution in [0, 0.1) is 20.2 Å². The number of ether oxygens (including phenoxy) is 2. The fourth-order valence-corrected chi connectivity index (χ4v) is 1.81. The van der Waals surface area contributed by atoms with Crippen LogP contribution in [0.5, 0.6) is 5.75 Å². The maximum atomic E-state index is 11.3. The third-order valence-corrected chi connectivity index (χ3v) is 3.03. The zero-order valence-electron chi connectivity index (χ0n) is 13.4. The van der Waals surface area contributed by atoms with E-state index in [0.717, 1.165) is 0 Å². The Bertz CT molecular complexity index is 560. The first-order chi connectivity index (χ1) is 10.6. The Kier molecular flexibility index (Phi) is 5.99. The predicted octanol–water partition coefficient (Wildman–Crippen LogP) is 2.53. The van der Waals surface area contributed by atoms with Crippen molar-refractivity contribution in [3.05, 3.63) is 37.9 Å². The fourth-order valence-electron chi connectivity index (χ4n) is 1.81.